The third-order valence-corrected chi connectivity index (χ3v) is 3.18. The molecule has 1 aromatic heterocycles. The number of benzene rings is 1. The fourth-order valence-corrected chi connectivity index (χ4v) is 2.61. The van der Waals surface area contributed by atoms with Crippen molar-refractivity contribution in [2.24, 2.45) is 0 Å². The van der Waals surface area contributed by atoms with E-state index in [9.17, 15) is 0 Å². The fraction of sp³-hybridized carbons (Fsp3) is 0.231. The summed E-state index contributed by atoms with van der Waals surface area (Å²) in [5.41, 5.74) is 4.89. The van der Waals surface area contributed by atoms with E-state index in [4.69, 9.17) is 0 Å². The minimum absolute atomic E-state index is 0.815. The zero-order chi connectivity index (χ0) is 11.5. The van der Waals surface area contributed by atoms with Crippen LogP contribution in [0.4, 0.5) is 5.69 Å². The molecule has 0 aliphatic heterocycles. The molecule has 0 spiro atoms. The summed E-state index contributed by atoms with van der Waals surface area (Å²) in [5.74, 6) is 0. The maximum Gasteiger partial charge on any atom is 0.0551 e. The zero-order valence-corrected chi connectivity index (χ0v) is 11.1. The van der Waals surface area contributed by atoms with E-state index < -0.39 is 0 Å². The number of halogens is 1. The highest BCUT2D eigenvalue weighted by Gasteiger charge is 2.04. The molecule has 0 radical (unpaired) electrons. The molecular formula is C13H15BrN2. The Balaban J connectivity index is 2.15. The Hall–Kier alpha value is -1.22. The first-order valence-corrected chi connectivity index (χ1v) is 6.09. The van der Waals surface area contributed by atoms with Crippen LogP contribution in [0, 0.1) is 13.8 Å². The van der Waals surface area contributed by atoms with Crippen molar-refractivity contribution < 1.29 is 0 Å². The molecule has 0 saturated carbocycles. The van der Waals surface area contributed by atoms with Gasteiger partial charge in [0.1, 0.15) is 0 Å². The number of aromatic nitrogens is 1. The second-order valence-electron chi connectivity index (χ2n) is 3.99. The van der Waals surface area contributed by atoms with Gasteiger partial charge in [-0.2, -0.15) is 0 Å². The predicted octanol–water partition coefficient (Wildman–Crippen LogP) is 4.01. The van der Waals surface area contributed by atoms with E-state index in [1.807, 2.05) is 12.3 Å². The second-order valence-corrected chi connectivity index (χ2v) is 4.84. The Labute approximate surface area is 104 Å². The van der Waals surface area contributed by atoms with Gasteiger partial charge < -0.3 is 10.3 Å². The number of rotatable bonds is 3. The molecule has 2 rings (SSSR count). The molecule has 2 nitrogen and oxygen atoms in total. The topological polar surface area (TPSA) is 27.8 Å². The van der Waals surface area contributed by atoms with Gasteiger partial charge in [0.15, 0.2) is 0 Å². The lowest BCUT2D eigenvalue weighted by Crippen LogP contribution is -2.02. The lowest BCUT2D eigenvalue weighted by molar-refractivity contribution is 1.07. The van der Waals surface area contributed by atoms with Crippen LogP contribution in [-0.2, 0) is 6.54 Å². The number of nitrogens with one attached hydrogen (secondary N) is 2. The highest BCUT2D eigenvalue weighted by atomic mass is 79.9. The van der Waals surface area contributed by atoms with Crippen molar-refractivity contribution in [3.63, 3.8) is 0 Å². The Bertz CT molecular complexity index is 452. The van der Waals surface area contributed by atoms with Gasteiger partial charge >= 0.3 is 0 Å². The second kappa shape index (κ2) is 4.74. The summed E-state index contributed by atoms with van der Waals surface area (Å²) >= 11 is 3.59. The highest BCUT2D eigenvalue weighted by molar-refractivity contribution is 9.10. The average molecular weight is 279 g/mol. The summed E-state index contributed by atoms with van der Waals surface area (Å²) in [6.45, 7) is 5.04. The molecule has 1 heterocycles. The lowest BCUT2D eigenvalue weighted by Gasteiger charge is -2.12. The molecule has 16 heavy (non-hydrogen) atoms. The van der Waals surface area contributed by atoms with Crippen LogP contribution in [0.5, 0.6) is 0 Å². The van der Waals surface area contributed by atoms with Gasteiger partial charge in [0, 0.05) is 16.4 Å². The van der Waals surface area contributed by atoms with Gasteiger partial charge in [-0.05, 0) is 59.1 Å². The summed E-state index contributed by atoms with van der Waals surface area (Å²) in [6.07, 6.45) is 1.94. The normalized spacial score (nSPS) is 10.4. The maximum absolute atomic E-state index is 3.59. The van der Waals surface area contributed by atoms with E-state index in [0.717, 1.165) is 11.0 Å². The quantitative estimate of drug-likeness (QED) is 0.873. The third-order valence-electron chi connectivity index (χ3n) is 2.55. The van der Waals surface area contributed by atoms with E-state index in [1.54, 1.807) is 0 Å². The van der Waals surface area contributed by atoms with Gasteiger partial charge in [0.05, 0.1) is 12.2 Å². The monoisotopic (exact) mass is 278 g/mol. The first-order valence-electron chi connectivity index (χ1n) is 5.29. The van der Waals surface area contributed by atoms with Crippen LogP contribution in [0.15, 0.2) is 34.9 Å². The molecule has 0 unspecified atom stereocenters. The van der Waals surface area contributed by atoms with Crippen LogP contribution in [0.1, 0.15) is 16.8 Å². The Morgan fingerprint density at radius 1 is 1.31 bits per heavy atom. The Morgan fingerprint density at radius 3 is 2.75 bits per heavy atom. The smallest absolute Gasteiger partial charge is 0.0551 e. The van der Waals surface area contributed by atoms with Crippen molar-refractivity contribution in [3.05, 3.63) is 51.8 Å². The molecular weight excluding hydrogens is 264 g/mol. The molecule has 0 bridgehead atoms. The standard InChI is InChI=1S/C13H15BrN2/c1-9-6-10(2)13(12(14)7-9)16-8-11-4-3-5-15-11/h3-7,15-16H,8H2,1-2H3. The van der Waals surface area contributed by atoms with Gasteiger partial charge in [-0.3, -0.25) is 0 Å². The van der Waals surface area contributed by atoms with Gasteiger partial charge in [0.25, 0.3) is 0 Å². The summed E-state index contributed by atoms with van der Waals surface area (Å²) in [7, 11) is 0. The maximum atomic E-state index is 3.59. The fourth-order valence-electron chi connectivity index (χ4n) is 1.80. The number of aromatic amines is 1. The summed E-state index contributed by atoms with van der Waals surface area (Å²) in [4.78, 5) is 3.18. The summed E-state index contributed by atoms with van der Waals surface area (Å²) in [6, 6.07) is 8.39. The number of hydrogen-bond acceptors (Lipinski definition) is 1. The number of aryl methyl sites for hydroxylation is 2. The molecule has 0 atom stereocenters. The van der Waals surface area contributed by atoms with Crippen LogP contribution in [0.2, 0.25) is 0 Å². The largest absolute Gasteiger partial charge is 0.378 e. The van der Waals surface area contributed by atoms with Crippen molar-refractivity contribution in [3.8, 4) is 0 Å². The van der Waals surface area contributed by atoms with Crippen molar-refractivity contribution in [2.45, 2.75) is 20.4 Å². The average Bonchev–Trinajstić information content (AvgIpc) is 2.68. The molecule has 2 aromatic rings. The number of hydrogen-bond donors (Lipinski definition) is 2. The highest BCUT2D eigenvalue weighted by Crippen LogP contribution is 2.28. The molecule has 0 amide bonds. The third kappa shape index (κ3) is 2.47. The molecule has 84 valence electrons. The van der Waals surface area contributed by atoms with Crippen molar-refractivity contribution >= 4 is 21.6 Å². The van der Waals surface area contributed by atoms with E-state index in [1.165, 1.54) is 22.5 Å². The first kappa shape index (κ1) is 11.3. The van der Waals surface area contributed by atoms with Gasteiger partial charge in [0.2, 0.25) is 0 Å². The molecule has 3 heteroatoms. The molecule has 0 fully saturated rings. The lowest BCUT2D eigenvalue weighted by atomic mass is 10.1. The van der Waals surface area contributed by atoms with E-state index in [2.05, 4.69) is 58.3 Å². The minimum Gasteiger partial charge on any atom is -0.378 e. The molecule has 0 aliphatic rings. The summed E-state index contributed by atoms with van der Waals surface area (Å²) in [5, 5.41) is 3.43. The molecule has 0 saturated heterocycles. The minimum atomic E-state index is 0.815. The van der Waals surface area contributed by atoms with Crippen LogP contribution in [0.25, 0.3) is 0 Å². The van der Waals surface area contributed by atoms with E-state index >= 15 is 0 Å². The Kier molecular flexibility index (Phi) is 3.34. The predicted molar refractivity (Wildman–Crippen MR) is 71.7 cm³/mol. The zero-order valence-electron chi connectivity index (χ0n) is 9.47. The van der Waals surface area contributed by atoms with Crippen LogP contribution in [0.3, 0.4) is 0 Å². The first-order chi connectivity index (χ1) is 7.66. The summed E-state index contributed by atoms with van der Waals surface area (Å²) < 4.78 is 1.12. The molecule has 2 N–H and O–H groups in total. The number of anilines is 1. The van der Waals surface area contributed by atoms with Crippen molar-refractivity contribution in [1.82, 2.24) is 4.98 Å². The van der Waals surface area contributed by atoms with Crippen LogP contribution in [-0.4, -0.2) is 4.98 Å². The number of H-pyrrole nitrogens is 1. The van der Waals surface area contributed by atoms with Crippen LogP contribution >= 0.6 is 15.9 Å². The molecule has 0 aliphatic carbocycles. The van der Waals surface area contributed by atoms with Crippen LogP contribution < -0.4 is 5.32 Å². The van der Waals surface area contributed by atoms with E-state index in [-0.39, 0.29) is 0 Å². The van der Waals surface area contributed by atoms with Gasteiger partial charge in [-0.1, -0.05) is 6.07 Å². The van der Waals surface area contributed by atoms with Gasteiger partial charge in [-0.25, -0.2) is 0 Å². The van der Waals surface area contributed by atoms with Crippen molar-refractivity contribution in [2.75, 3.05) is 5.32 Å². The SMILES string of the molecule is Cc1cc(C)c(NCc2ccc[nH]2)c(Br)c1. The van der Waals surface area contributed by atoms with E-state index in [0.29, 0.717) is 0 Å². The Morgan fingerprint density at radius 2 is 2.12 bits per heavy atom. The van der Waals surface area contributed by atoms with Gasteiger partial charge in [-0.15, -0.1) is 0 Å². The molecule has 1 aromatic carbocycles. The van der Waals surface area contributed by atoms with Crippen molar-refractivity contribution in [1.29, 1.82) is 0 Å².